The number of nitro groups is 1. The molecule has 0 bridgehead atoms. The van der Waals surface area contributed by atoms with Gasteiger partial charge in [0.25, 0.3) is 0 Å². The van der Waals surface area contributed by atoms with Gasteiger partial charge in [0.2, 0.25) is 0 Å². The zero-order valence-corrected chi connectivity index (χ0v) is 15.1. The maximum atomic E-state index is 11.2. The lowest BCUT2D eigenvalue weighted by atomic mass is 9.96. The van der Waals surface area contributed by atoms with Crippen molar-refractivity contribution in [3.63, 3.8) is 0 Å². The van der Waals surface area contributed by atoms with Crippen LogP contribution in [-0.2, 0) is 0 Å². The Kier molecular flexibility index (Phi) is 9.46. The average Bonchev–Trinajstić information content (AvgIpc) is 2.46. The second-order valence-electron chi connectivity index (χ2n) is 5.52. The highest BCUT2D eigenvalue weighted by Gasteiger charge is 2.28. The molecule has 0 amide bonds. The third-order valence-corrected chi connectivity index (χ3v) is 4.08. The SMILES string of the molecule is CCC[C@H](c1ccc(C)c([N+](=O)[O-])c1O)N1CCNCC1.Cl.Cl. The Balaban J connectivity index is 0.00000242. The van der Waals surface area contributed by atoms with Crippen LogP contribution in [0, 0.1) is 17.0 Å². The van der Waals surface area contributed by atoms with Crippen molar-refractivity contribution in [2.45, 2.75) is 32.7 Å². The lowest BCUT2D eigenvalue weighted by molar-refractivity contribution is -0.386. The summed E-state index contributed by atoms with van der Waals surface area (Å²) < 4.78 is 0. The number of piperazine rings is 1. The number of hydrogen-bond acceptors (Lipinski definition) is 5. The molecule has 2 rings (SSSR count). The minimum atomic E-state index is -0.491. The monoisotopic (exact) mass is 365 g/mol. The van der Waals surface area contributed by atoms with Crippen LogP contribution in [-0.4, -0.2) is 41.1 Å². The number of aryl methyl sites for hydroxylation is 1. The first-order valence-corrected chi connectivity index (χ1v) is 7.47. The first-order valence-electron chi connectivity index (χ1n) is 7.47. The predicted molar refractivity (Wildman–Crippen MR) is 96.1 cm³/mol. The molecule has 132 valence electrons. The van der Waals surface area contributed by atoms with Crippen molar-refractivity contribution in [2.24, 2.45) is 0 Å². The van der Waals surface area contributed by atoms with E-state index in [1.165, 1.54) is 0 Å². The number of rotatable bonds is 5. The quantitative estimate of drug-likeness (QED) is 0.618. The number of nitro benzene ring substituents is 1. The first-order chi connectivity index (χ1) is 10.1. The molecule has 1 aliphatic heterocycles. The van der Waals surface area contributed by atoms with Crippen molar-refractivity contribution < 1.29 is 10.0 Å². The van der Waals surface area contributed by atoms with Crippen LogP contribution in [0.25, 0.3) is 0 Å². The second kappa shape index (κ2) is 9.93. The summed E-state index contributed by atoms with van der Waals surface area (Å²) in [5.41, 5.74) is 1.01. The Bertz CT molecular complexity index is 523. The van der Waals surface area contributed by atoms with E-state index in [0.29, 0.717) is 11.1 Å². The fraction of sp³-hybridized carbons (Fsp3) is 0.600. The van der Waals surface area contributed by atoms with E-state index in [-0.39, 0.29) is 42.3 Å². The molecular weight excluding hydrogens is 341 g/mol. The van der Waals surface area contributed by atoms with E-state index in [9.17, 15) is 15.2 Å². The average molecular weight is 366 g/mol. The Labute approximate surface area is 149 Å². The van der Waals surface area contributed by atoms with Gasteiger partial charge in [-0.2, -0.15) is 0 Å². The van der Waals surface area contributed by atoms with E-state index in [4.69, 9.17) is 0 Å². The topological polar surface area (TPSA) is 78.6 Å². The molecule has 6 nitrogen and oxygen atoms in total. The fourth-order valence-electron chi connectivity index (χ4n) is 3.00. The first kappa shape index (κ1) is 21.9. The third kappa shape index (κ3) is 4.94. The molecule has 1 heterocycles. The summed E-state index contributed by atoms with van der Waals surface area (Å²) in [5, 5.41) is 24.9. The highest BCUT2D eigenvalue weighted by molar-refractivity contribution is 5.85. The van der Waals surface area contributed by atoms with Gasteiger partial charge in [0, 0.05) is 43.3 Å². The van der Waals surface area contributed by atoms with Gasteiger partial charge >= 0.3 is 5.69 Å². The molecule has 23 heavy (non-hydrogen) atoms. The van der Waals surface area contributed by atoms with Crippen LogP contribution >= 0.6 is 24.8 Å². The number of hydrogen-bond donors (Lipinski definition) is 2. The standard InChI is InChI=1S/C15H23N3O3.2ClH/c1-3-4-13(17-9-7-16-8-10-17)12-6-5-11(2)14(15(12)19)18(20)21;;/h5-6,13,16,19H,3-4,7-10H2,1-2H3;2*1H/t13-;;/m1../s1. The predicted octanol–water partition coefficient (Wildman–Crippen LogP) is 3.20. The van der Waals surface area contributed by atoms with Crippen molar-refractivity contribution in [1.29, 1.82) is 0 Å². The Morgan fingerprint density at radius 3 is 2.48 bits per heavy atom. The van der Waals surface area contributed by atoms with Gasteiger partial charge in [-0.15, -0.1) is 24.8 Å². The highest BCUT2D eigenvalue weighted by atomic mass is 35.5. The normalized spacial score (nSPS) is 16.1. The van der Waals surface area contributed by atoms with Crippen LogP contribution in [0.1, 0.15) is 36.9 Å². The van der Waals surface area contributed by atoms with Crippen molar-refractivity contribution in [2.75, 3.05) is 26.2 Å². The van der Waals surface area contributed by atoms with Gasteiger partial charge in [-0.25, -0.2) is 0 Å². The van der Waals surface area contributed by atoms with E-state index >= 15 is 0 Å². The molecule has 0 spiro atoms. The van der Waals surface area contributed by atoms with Crippen molar-refractivity contribution in [3.05, 3.63) is 33.4 Å². The van der Waals surface area contributed by atoms with E-state index in [1.54, 1.807) is 13.0 Å². The van der Waals surface area contributed by atoms with E-state index in [0.717, 1.165) is 39.0 Å². The van der Waals surface area contributed by atoms with Gasteiger partial charge in [-0.05, 0) is 13.3 Å². The fourth-order valence-corrected chi connectivity index (χ4v) is 3.00. The summed E-state index contributed by atoms with van der Waals surface area (Å²) in [4.78, 5) is 13.0. The molecule has 0 radical (unpaired) electrons. The molecule has 0 unspecified atom stereocenters. The zero-order chi connectivity index (χ0) is 15.4. The summed E-state index contributed by atoms with van der Waals surface area (Å²) in [6.07, 6.45) is 1.85. The molecule has 0 saturated carbocycles. The number of aromatic hydroxyl groups is 1. The minimum Gasteiger partial charge on any atom is -0.502 e. The van der Waals surface area contributed by atoms with E-state index in [1.807, 2.05) is 6.07 Å². The smallest absolute Gasteiger partial charge is 0.313 e. The van der Waals surface area contributed by atoms with Crippen LogP contribution in [0.15, 0.2) is 12.1 Å². The third-order valence-electron chi connectivity index (χ3n) is 4.08. The van der Waals surface area contributed by atoms with Gasteiger partial charge < -0.3 is 10.4 Å². The van der Waals surface area contributed by atoms with Crippen LogP contribution < -0.4 is 5.32 Å². The van der Waals surface area contributed by atoms with Crippen molar-refractivity contribution in [3.8, 4) is 5.75 Å². The van der Waals surface area contributed by atoms with Gasteiger partial charge in [0.05, 0.1) is 4.92 Å². The summed E-state index contributed by atoms with van der Waals surface area (Å²) in [6.45, 7) is 7.36. The Hall–Kier alpha value is -1.08. The van der Waals surface area contributed by atoms with Crippen LogP contribution in [0.2, 0.25) is 0 Å². The van der Waals surface area contributed by atoms with Crippen LogP contribution in [0.4, 0.5) is 5.69 Å². The largest absolute Gasteiger partial charge is 0.502 e. The lowest BCUT2D eigenvalue weighted by Crippen LogP contribution is -2.45. The van der Waals surface area contributed by atoms with Gasteiger partial charge in [0.15, 0.2) is 5.75 Å². The van der Waals surface area contributed by atoms with Gasteiger partial charge in [-0.3, -0.25) is 15.0 Å². The lowest BCUT2D eigenvalue weighted by Gasteiger charge is -2.35. The molecule has 1 aliphatic rings. The number of benzene rings is 1. The molecule has 1 saturated heterocycles. The molecule has 0 aliphatic carbocycles. The second-order valence-corrected chi connectivity index (χ2v) is 5.52. The highest BCUT2D eigenvalue weighted by Crippen LogP contribution is 2.39. The van der Waals surface area contributed by atoms with Crippen molar-refractivity contribution >= 4 is 30.5 Å². The minimum absolute atomic E-state index is 0. The Morgan fingerprint density at radius 1 is 1.35 bits per heavy atom. The molecule has 1 atom stereocenters. The molecule has 1 aromatic rings. The van der Waals surface area contributed by atoms with E-state index in [2.05, 4.69) is 17.1 Å². The van der Waals surface area contributed by atoms with Crippen LogP contribution in [0.3, 0.4) is 0 Å². The molecule has 8 heteroatoms. The van der Waals surface area contributed by atoms with Gasteiger partial charge in [0.1, 0.15) is 0 Å². The maximum Gasteiger partial charge on any atom is 0.313 e. The summed E-state index contributed by atoms with van der Waals surface area (Å²) >= 11 is 0. The molecule has 2 N–H and O–H groups in total. The molecule has 1 aromatic carbocycles. The number of nitrogens with zero attached hydrogens (tertiary/aromatic N) is 2. The van der Waals surface area contributed by atoms with Crippen molar-refractivity contribution in [1.82, 2.24) is 10.2 Å². The number of phenols is 1. The molecule has 0 aromatic heterocycles. The number of halogens is 2. The van der Waals surface area contributed by atoms with Crippen LogP contribution in [0.5, 0.6) is 5.75 Å². The Morgan fingerprint density at radius 2 is 1.96 bits per heavy atom. The summed E-state index contributed by atoms with van der Waals surface area (Å²) in [5.74, 6) is -0.169. The molecule has 1 fully saturated rings. The zero-order valence-electron chi connectivity index (χ0n) is 13.4. The number of phenolic OH excluding ortho intramolecular Hbond substituents is 1. The summed E-state index contributed by atoms with van der Waals surface area (Å²) in [7, 11) is 0. The van der Waals surface area contributed by atoms with E-state index < -0.39 is 4.92 Å². The maximum absolute atomic E-state index is 11.2. The molecular formula is C15H25Cl2N3O3. The number of nitrogens with one attached hydrogen (secondary N) is 1. The summed E-state index contributed by atoms with van der Waals surface area (Å²) in [6, 6.07) is 3.61. The van der Waals surface area contributed by atoms with Gasteiger partial charge in [-0.1, -0.05) is 25.5 Å².